The number of fused-ring (bicyclic) bond motifs is 4. The van der Waals surface area contributed by atoms with Gasteiger partial charge < -0.3 is 10.4 Å². The standard InChI is InChI=1S/C26H29N3O4/c1-4-5-12-29-23(31)20-19(13-16-7-9-17(30)10-8-16)28-26(21(20)24(29)32)18-11-6-14(2)15(3)22(18)27-25(26)33/h6-11,19-21,28,30H,4-5,12-13H2,1-3H3,(H,27,33). The second-order valence-corrected chi connectivity index (χ2v) is 9.50. The van der Waals surface area contributed by atoms with Crippen LogP contribution in [0, 0.1) is 25.7 Å². The zero-order chi connectivity index (χ0) is 23.5. The van der Waals surface area contributed by atoms with Gasteiger partial charge in [0, 0.05) is 23.8 Å². The normalized spacial score (nSPS) is 27.9. The van der Waals surface area contributed by atoms with E-state index in [0.717, 1.165) is 40.8 Å². The van der Waals surface area contributed by atoms with Gasteiger partial charge in [0.15, 0.2) is 0 Å². The molecule has 2 aromatic rings. The van der Waals surface area contributed by atoms with Crippen molar-refractivity contribution in [3.63, 3.8) is 0 Å². The Morgan fingerprint density at radius 3 is 2.45 bits per heavy atom. The van der Waals surface area contributed by atoms with Crippen LogP contribution in [0.3, 0.4) is 0 Å². The van der Waals surface area contributed by atoms with Crippen molar-refractivity contribution in [2.75, 3.05) is 11.9 Å². The molecule has 3 heterocycles. The maximum atomic E-state index is 13.7. The number of phenolic OH excluding ortho intramolecular Hbond substituents is 1. The number of hydrogen-bond acceptors (Lipinski definition) is 5. The Bertz CT molecular complexity index is 1160. The number of nitrogens with one attached hydrogen (secondary N) is 2. The Kier molecular flexibility index (Phi) is 5.05. The van der Waals surface area contributed by atoms with Crippen LogP contribution >= 0.6 is 0 Å². The molecule has 3 aliphatic heterocycles. The van der Waals surface area contributed by atoms with Crippen molar-refractivity contribution in [3.05, 3.63) is 58.7 Å². The number of hydrogen-bond donors (Lipinski definition) is 3. The first-order chi connectivity index (χ1) is 15.8. The number of carbonyl (C=O) groups is 3. The Morgan fingerprint density at radius 2 is 1.76 bits per heavy atom. The van der Waals surface area contributed by atoms with Gasteiger partial charge in [-0.05, 0) is 55.5 Å². The third-order valence-electron chi connectivity index (χ3n) is 7.64. The Balaban J connectivity index is 1.62. The van der Waals surface area contributed by atoms with Crippen LogP contribution < -0.4 is 10.6 Å². The molecule has 4 unspecified atom stereocenters. The second kappa shape index (κ2) is 7.70. The zero-order valence-corrected chi connectivity index (χ0v) is 19.1. The zero-order valence-electron chi connectivity index (χ0n) is 19.1. The maximum absolute atomic E-state index is 13.7. The number of imide groups is 1. The molecule has 0 aliphatic carbocycles. The van der Waals surface area contributed by atoms with Crippen LogP contribution in [0.1, 0.15) is 42.0 Å². The monoisotopic (exact) mass is 447 g/mol. The first kappa shape index (κ1) is 21.6. The number of benzene rings is 2. The van der Waals surface area contributed by atoms with Crippen LogP contribution in [0.5, 0.6) is 5.75 Å². The summed E-state index contributed by atoms with van der Waals surface area (Å²) in [5.74, 6) is -1.97. The first-order valence-corrected chi connectivity index (χ1v) is 11.6. The van der Waals surface area contributed by atoms with Gasteiger partial charge in [-0.25, -0.2) is 0 Å². The number of carbonyl (C=O) groups excluding carboxylic acids is 3. The van der Waals surface area contributed by atoms with Crippen molar-refractivity contribution in [3.8, 4) is 5.75 Å². The minimum absolute atomic E-state index is 0.167. The third kappa shape index (κ3) is 3.02. The van der Waals surface area contributed by atoms with Gasteiger partial charge in [-0.2, -0.15) is 0 Å². The fourth-order valence-electron chi connectivity index (χ4n) is 5.78. The third-order valence-corrected chi connectivity index (χ3v) is 7.64. The molecule has 0 saturated carbocycles. The summed E-state index contributed by atoms with van der Waals surface area (Å²) in [5.41, 5.74) is 3.17. The molecular weight excluding hydrogens is 418 g/mol. The number of rotatable bonds is 5. The largest absolute Gasteiger partial charge is 0.508 e. The van der Waals surface area contributed by atoms with E-state index in [1.807, 2.05) is 45.0 Å². The van der Waals surface area contributed by atoms with Gasteiger partial charge in [0.1, 0.15) is 11.3 Å². The topological polar surface area (TPSA) is 98.7 Å². The van der Waals surface area contributed by atoms with Gasteiger partial charge in [0.05, 0.1) is 11.8 Å². The molecule has 3 aliphatic rings. The summed E-state index contributed by atoms with van der Waals surface area (Å²) < 4.78 is 0. The molecule has 0 aromatic heterocycles. The number of nitrogens with zero attached hydrogens (tertiary/aromatic N) is 1. The Morgan fingerprint density at radius 1 is 1.03 bits per heavy atom. The van der Waals surface area contributed by atoms with E-state index in [-0.39, 0.29) is 29.5 Å². The lowest BCUT2D eigenvalue weighted by molar-refractivity contribution is -0.142. The first-order valence-electron chi connectivity index (χ1n) is 11.6. The predicted molar refractivity (Wildman–Crippen MR) is 124 cm³/mol. The molecule has 172 valence electrons. The van der Waals surface area contributed by atoms with E-state index in [1.54, 1.807) is 12.1 Å². The van der Waals surface area contributed by atoms with Crippen LogP contribution in [0.15, 0.2) is 36.4 Å². The Hall–Kier alpha value is -3.19. The van der Waals surface area contributed by atoms with Crippen molar-refractivity contribution < 1.29 is 19.5 Å². The van der Waals surface area contributed by atoms with Crippen molar-refractivity contribution >= 4 is 23.4 Å². The lowest BCUT2D eigenvalue weighted by Crippen LogP contribution is -2.53. The number of phenols is 1. The van der Waals surface area contributed by atoms with Gasteiger partial charge in [0.25, 0.3) is 0 Å². The molecule has 0 bridgehead atoms. The quantitative estimate of drug-likeness (QED) is 0.613. The fourth-order valence-corrected chi connectivity index (χ4v) is 5.78. The van der Waals surface area contributed by atoms with Crippen molar-refractivity contribution in [2.45, 2.75) is 51.6 Å². The van der Waals surface area contributed by atoms with Crippen molar-refractivity contribution in [1.82, 2.24) is 10.2 Å². The smallest absolute Gasteiger partial charge is 0.250 e. The molecule has 3 N–H and O–H groups in total. The van der Waals surface area contributed by atoms with E-state index in [0.29, 0.717) is 13.0 Å². The number of likely N-dealkylation sites (tertiary alicyclic amines) is 1. The van der Waals surface area contributed by atoms with E-state index in [2.05, 4.69) is 10.6 Å². The lowest BCUT2D eigenvalue weighted by Gasteiger charge is -2.29. The molecule has 2 aromatic carbocycles. The molecule has 3 amide bonds. The van der Waals surface area contributed by atoms with Gasteiger partial charge in [-0.3, -0.25) is 24.6 Å². The summed E-state index contributed by atoms with van der Waals surface area (Å²) in [5, 5.41) is 16.1. The van der Waals surface area contributed by atoms with Gasteiger partial charge in [-0.15, -0.1) is 0 Å². The number of aryl methyl sites for hydroxylation is 1. The summed E-state index contributed by atoms with van der Waals surface area (Å²) in [6, 6.07) is 10.3. The van der Waals surface area contributed by atoms with Gasteiger partial charge in [0.2, 0.25) is 17.7 Å². The minimum atomic E-state index is -1.27. The van der Waals surface area contributed by atoms with Gasteiger partial charge in [-0.1, -0.05) is 37.6 Å². The van der Waals surface area contributed by atoms with Gasteiger partial charge >= 0.3 is 0 Å². The minimum Gasteiger partial charge on any atom is -0.508 e. The molecule has 7 heteroatoms. The summed E-state index contributed by atoms with van der Waals surface area (Å²) in [7, 11) is 0. The van der Waals surface area contributed by atoms with Crippen LogP contribution in [0.2, 0.25) is 0 Å². The van der Waals surface area contributed by atoms with E-state index in [4.69, 9.17) is 0 Å². The molecule has 5 rings (SSSR count). The molecule has 2 fully saturated rings. The van der Waals surface area contributed by atoms with Crippen LogP contribution in [-0.4, -0.2) is 40.3 Å². The predicted octanol–water partition coefficient (Wildman–Crippen LogP) is 2.77. The van der Waals surface area contributed by atoms with Crippen LogP contribution in [0.4, 0.5) is 5.69 Å². The molecule has 1 spiro atoms. The van der Waals surface area contributed by atoms with E-state index in [9.17, 15) is 19.5 Å². The SMILES string of the molecule is CCCCN1C(=O)C2C(Cc3ccc(O)cc3)NC3(C(=O)Nc4c3ccc(C)c4C)C2C1=O. The molecule has 33 heavy (non-hydrogen) atoms. The number of unbranched alkanes of at least 4 members (excludes halogenated alkanes) is 1. The highest BCUT2D eigenvalue weighted by atomic mass is 16.3. The fraction of sp³-hybridized carbons (Fsp3) is 0.423. The highest BCUT2D eigenvalue weighted by Crippen LogP contribution is 2.54. The number of amides is 3. The average molecular weight is 448 g/mol. The van der Waals surface area contributed by atoms with Crippen molar-refractivity contribution in [1.29, 1.82) is 0 Å². The second-order valence-electron chi connectivity index (χ2n) is 9.50. The lowest BCUT2D eigenvalue weighted by atomic mass is 9.75. The summed E-state index contributed by atoms with van der Waals surface area (Å²) in [6.07, 6.45) is 2.08. The van der Waals surface area contributed by atoms with E-state index in [1.165, 1.54) is 4.90 Å². The molecule has 7 nitrogen and oxygen atoms in total. The van der Waals surface area contributed by atoms with E-state index < -0.39 is 17.4 Å². The summed E-state index contributed by atoms with van der Waals surface area (Å²) in [4.78, 5) is 42.2. The number of anilines is 1. The summed E-state index contributed by atoms with van der Waals surface area (Å²) in [6.45, 7) is 6.35. The Labute approximate surface area is 193 Å². The molecule has 0 radical (unpaired) electrons. The summed E-state index contributed by atoms with van der Waals surface area (Å²) >= 11 is 0. The van der Waals surface area contributed by atoms with Crippen LogP contribution in [0.25, 0.3) is 0 Å². The molecular formula is C26H29N3O4. The molecule has 4 atom stereocenters. The highest BCUT2D eigenvalue weighted by molar-refractivity contribution is 6.15. The van der Waals surface area contributed by atoms with E-state index >= 15 is 0 Å². The number of aromatic hydroxyl groups is 1. The van der Waals surface area contributed by atoms with Crippen LogP contribution in [-0.2, 0) is 26.3 Å². The molecule has 2 saturated heterocycles. The maximum Gasteiger partial charge on any atom is 0.250 e. The average Bonchev–Trinajstić information content (AvgIpc) is 3.36. The van der Waals surface area contributed by atoms with Crippen molar-refractivity contribution in [2.24, 2.45) is 11.8 Å². The highest BCUT2D eigenvalue weighted by Gasteiger charge is 2.70.